The Morgan fingerprint density at radius 3 is 1.36 bits per heavy atom. The number of rotatable bonds is 0. The Morgan fingerprint density at radius 2 is 1.00 bits per heavy atom. The molecule has 1 saturated heterocycles. The first-order chi connectivity index (χ1) is 5.04. The Hall–Kier alpha value is -0.390. The third kappa shape index (κ3) is 1.45. The van der Waals surface area contributed by atoms with E-state index in [1.165, 1.54) is 5.32 Å². The maximum Gasteiger partial charge on any atom is 0.187 e. The normalized spacial score (nSPS) is 52.6. The van der Waals surface area contributed by atoms with Gasteiger partial charge < -0.3 is 0 Å². The molecule has 0 aliphatic carbocycles. The van der Waals surface area contributed by atoms with Crippen LogP contribution in [0.25, 0.3) is 0 Å². The van der Waals surface area contributed by atoms with Crippen LogP contribution >= 0.6 is 0 Å². The van der Waals surface area contributed by atoms with E-state index in [-0.39, 0.29) is 0 Å². The summed E-state index contributed by atoms with van der Waals surface area (Å²) in [5, 5.41) is 1.29. The van der Waals surface area contributed by atoms with Crippen LogP contribution in [0.3, 0.4) is 0 Å². The van der Waals surface area contributed by atoms with Crippen molar-refractivity contribution in [2.75, 3.05) is 0 Å². The predicted molar refractivity (Wildman–Crippen MR) is 27.6 cm³/mol. The largest absolute Gasteiger partial charge is 0.253 e. The van der Waals surface area contributed by atoms with E-state index >= 15 is 0 Å². The molecule has 1 fully saturated rings. The Morgan fingerprint density at radius 1 is 0.636 bits per heavy atom. The van der Waals surface area contributed by atoms with Gasteiger partial charge in [0.05, 0.1) is 0 Å². The second-order valence-electron chi connectivity index (χ2n) is 2.30. The monoisotopic (exact) mass is 175 g/mol. The lowest BCUT2D eigenvalue weighted by atomic mass is 10.1. The van der Waals surface area contributed by atoms with Crippen LogP contribution in [0.15, 0.2) is 0 Å². The van der Waals surface area contributed by atoms with Crippen molar-refractivity contribution in [1.29, 1.82) is 0 Å². The van der Waals surface area contributed by atoms with E-state index in [0.717, 1.165) is 0 Å². The lowest BCUT2D eigenvalue weighted by Crippen LogP contribution is -2.57. The first-order valence-electron chi connectivity index (χ1n) is 3.00. The van der Waals surface area contributed by atoms with Crippen LogP contribution in [-0.2, 0) is 0 Å². The van der Waals surface area contributed by atoms with Crippen LogP contribution in [0, 0.1) is 0 Å². The van der Waals surface area contributed by atoms with Gasteiger partial charge in [-0.15, -0.1) is 0 Å². The molecule has 1 nitrogen and oxygen atoms in total. The second-order valence-corrected chi connectivity index (χ2v) is 2.30. The number of hydrogen-bond acceptors (Lipinski definition) is 1. The summed E-state index contributed by atoms with van der Waals surface area (Å²) in [5.74, 6) is 0. The van der Waals surface area contributed by atoms with E-state index in [2.05, 4.69) is 0 Å². The topological polar surface area (TPSA) is 12.0 Å². The summed E-state index contributed by atoms with van der Waals surface area (Å²) in [5.41, 5.74) is 0. The maximum atomic E-state index is 12.2. The van der Waals surface area contributed by atoms with E-state index in [0.29, 0.717) is 0 Å². The highest BCUT2D eigenvalue weighted by atomic mass is 19.2. The zero-order chi connectivity index (χ0) is 8.59. The average molecular weight is 175 g/mol. The molecule has 4 unspecified atom stereocenters. The number of hydrogen-bond donors (Lipinski definition) is 1. The number of piperidine rings is 1. The van der Waals surface area contributed by atoms with Crippen molar-refractivity contribution < 1.29 is 22.0 Å². The summed E-state index contributed by atoms with van der Waals surface area (Å²) in [7, 11) is 0. The van der Waals surface area contributed by atoms with E-state index in [1.807, 2.05) is 0 Å². The molecular formula is C5H6F5N. The molecule has 66 valence electrons. The first-order valence-corrected chi connectivity index (χ1v) is 3.00. The van der Waals surface area contributed by atoms with Gasteiger partial charge in [-0.2, -0.15) is 0 Å². The molecule has 0 aromatic rings. The third-order valence-electron chi connectivity index (χ3n) is 1.49. The Kier molecular flexibility index (Phi) is 2.31. The summed E-state index contributed by atoms with van der Waals surface area (Å²) in [6.45, 7) is 0. The van der Waals surface area contributed by atoms with Gasteiger partial charge in [-0.05, 0) is 0 Å². The molecule has 0 radical (unpaired) electrons. The highest BCUT2D eigenvalue weighted by molar-refractivity contribution is 4.90. The fourth-order valence-electron chi connectivity index (χ4n) is 0.834. The zero-order valence-electron chi connectivity index (χ0n) is 5.28. The molecule has 11 heavy (non-hydrogen) atoms. The van der Waals surface area contributed by atoms with Gasteiger partial charge in [-0.25, -0.2) is 22.0 Å². The molecule has 6 heteroatoms. The molecule has 1 rings (SSSR count). The highest BCUT2D eigenvalue weighted by Crippen LogP contribution is 2.24. The smallest absolute Gasteiger partial charge is 0.187 e. The van der Waals surface area contributed by atoms with Crippen molar-refractivity contribution in [3.05, 3.63) is 0 Å². The van der Waals surface area contributed by atoms with Crippen molar-refractivity contribution in [2.45, 2.75) is 31.1 Å². The van der Waals surface area contributed by atoms with Gasteiger partial charge in [0.15, 0.2) is 31.1 Å². The van der Waals surface area contributed by atoms with E-state index in [9.17, 15) is 22.0 Å². The van der Waals surface area contributed by atoms with Gasteiger partial charge in [-0.1, -0.05) is 0 Å². The van der Waals surface area contributed by atoms with Crippen molar-refractivity contribution in [3.63, 3.8) is 0 Å². The lowest BCUT2D eigenvalue weighted by Gasteiger charge is -2.29. The molecule has 1 heterocycles. The van der Waals surface area contributed by atoms with Gasteiger partial charge in [0.1, 0.15) is 0 Å². The maximum absolute atomic E-state index is 12.2. The van der Waals surface area contributed by atoms with Gasteiger partial charge >= 0.3 is 0 Å². The van der Waals surface area contributed by atoms with Crippen LogP contribution < -0.4 is 5.32 Å². The van der Waals surface area contributed by atoms with Gasteiger partial charge in [0.2, 0.25) is 0 Å². The Balaban J connectivity index is 2.63. The molecule has 0 saturated carbocycles. The quantitative estimate of drug-likeness (QED) is 0.430. The molecule has 0 bridgehead atoms. The van der Waals surface area contributed by atoms with Crippen LogP contribution in [0.2, 0.25) is 0 Å². The molecule has 1 aliphatic rings. The SMILES string of the molecule is FC1NC(F)C(F)C(F)C1F. The fraction of sp³-hybridized carbons (Fsp3) is 1.00. The summed E-state index contributed by atoms with van der Waals surface area (Å²) >= 11 is 0. The molecule has 1 N–H and O–H groups in total. The summed E-state index contributed by atoms with van der Waals surface area (Å²) in [4.78, 5) is 0. The first kappa shape index (κ1) is 8.70. The van der Waals surface area contributed by atoms with Crippen molar-refractivity contribution in [1.82, 2.24) is 5.32 Å². The molecule has 0 aromatic heterocycles. The molecule has 1 aliphatic heterocycles. The van der Waals surface area contributed by atoms with Crippen LogP contribution in [0.1, 0.15) is 0 Å². The average Bonchev–Trinajstić information content (AvgIpc) is 1.97. The fourth-order valence-corrected chi connectivity index (χ4v) is 0.834. The van der Waals surface area contributed by atoms with Gasteiger partial charge in [0.25, 0.3) is 0 Å². The minimum absolute atomic E-state index is 1.29. The second kappa shape index (κ2) is 2.92. The third-order valence-corrected chi connectivity index (χ3v) is 1.49. The van der Waals surface area contributed by atoms with Crippen molar-refractivity contribution >= 4 is 0 Å². The van der Waals surface area contributed by atoms with Crippen molar-refractivity contribution in [2.24, 2.45) is 0 Å². The van der Waals surface area contributed by atoms with Crippen molar-refractivity contribution in [3.8, 4) is 0 Å². The van der Waals surface area contributed by atoms with E-state index in [1.54, 1.807) is 0 Å². The molecule has 0 spiro atoms. The van der Waals surface area contributed by atoms with Crippen LogP contribution in [0.4, 0.5) is 22.0 Å². The summed E-state index contributed by atoms with van der Waals surface area (Å²) in [6, 6.07) is 0. The lowest BCUT2D eigenvalue weighted by molar-refractivity contribution is -0.0723. The number of alkyl halides is 5. The van der Waals surface area contributed by atoms with E-state index in [4.69, 9.17) is 0 Å². The van der Waals surface area contributed by atoms with Gasteiger partial charge in [0, 0.05) is 0 Å². The molecule has 4 atom stereocenters. The summed E-state index contributed by atoms with van der Waals surface area (Å²) in [6.07, 6.45) is -12.9. The Bertz CT molecular complexity index is 129. The van der Waals surface area contributed by atoms with Gasteiger partial charge in [-0.3, -0.25) is 5.32 Å². The predicted octanol–water partition coefficient (Wildman–Crippen LogP) is 1.20. The number of halogens is 5. The van der Waals surface area contributed by atoms with Crippen LogP contribution in [0.5, 0.6) is 0 Å². The van der Waals surface area contributed by atoms with E-state index < -0.39 is 31.1 Å². The minimum atomic E-state index is -2.72. The number of nitrogens with one attached hydrogen (secondary N) is 1. The van der Waals surface area contributed by atoms with Crippen LogP contribution in [-0.4, -0.2) is 31.1 Å². The standard InChI is InChI=1S/C5H6F5N/c6-1-2(7)4(9)11-5(10)3(1)8/h1-5,11H. The Labute approximate surface area is 59.6 Å². The zero-order valence-corrected chi connectivity index (χ0v) is 5.28. The molecular weight excluding hydrogens is 169 g/mol. The molecule has 0 aromatic carbocycles. The minimum Gasteiger partial charge on any atom is -0.253 e. The summed E-state index contributed by atoms with van der Waals surface area (Å²) < 4.78 is 60.8. The molecule has 0 amide bonds. The highest BCUT2D eigenvalue weighted by Gasteiger charge is 2.46.